The molecule has 96 valence electrons. The van der Waals surface area contributed by atoms with Crippen molar-refractivity contribution in [3.63, 3.8) is 0 Å². The molecule has 0 aliphatic carbocycles. The Labute approximate surface area is 110 Å². The first-order chi connectivity index (χ1) is 8.71. The van der Waals surface area contributed by atoms with Crippen molar-refractivity contribution in [2.45, 2.75) is 26.6 Å². The fourth-order valence-electron chi connectivity index (χ4n) is 1.64. The van der Waals surface area contributed by atoms with Gasteiger partial charge in [-0.3, -0.25) is 0 Å². The van der Waals surface area contributed by atoms with Crippen LogP contribution in [0.1, 0.15) is 22.2 Å². The van der Waals surface area contributed by atoms with Crippen LogP contribution in [0.3, 0.4) is 0 Å². The summed E-state index contributed by atoms with van der Waals surface area (Å²) in [6, 6.07) is 8.38. The maximum absolute atomic E-state index is 13.2. The van der Waals surface area contributed by atoms with Gasteiger partial charge in [-0.2, -0.15) is 0 Å². The highest BCUT2D eigenvalue weighted by atomic mass is 32.1. The largest absolute Gasteiger partial charge is 0.488 e. The molecule has 0 amide bonds. The second kappa shape index (κ2) is 5.98. The Morgan fingerprint density at radius 1 is 1.22 bits per heavy atom. The summed E-state index contributed by atoms with van der Waals surface area (Å²) in [5.41, 5.74) is 0.519. The van der Waals surface area contributed by atoms with Crippen LogP contribution in [0.2, 0.25) is 0 Å². The SMILES string of the molecule is CCc1ccc(COc2cc(F)cc(CO)c2)s1. The first kappa shape index (κ1) is 13.1. The molecule has 1 aromatic carbocycles. The third-order valence-corrected chi connectivity index (χ3v) is 3.76. The molecule has 0 atom stereocenters. The van der Waals surface area contributed by atoms with E-state index in [0.717, 1.165) is 11.3 Å². The van der Waals surface area contributed by atoms with Crippen molar-refractivity contribution >= 4 is 11.3 Å². The fraction of sp³-hybridized carbons (Fsp3) is 0.286. The molecule has 0 saturated carbocycles. The van der Waals surface area contributed by atoms with Crippen molar-refractivity contribution in [1.29, 1.82) is 0 Å². The molecule has 0 bridgehead atoms. The second-order valence-electron chi connectivity index (χ2n) is 3.96. The van der Waals surface area contributed by atoms with E-state index in [1.165, 1.54) is 17.0 Å². The zero-order valence-electron chi connectivity index (χ0n) is 10.1. The van der Waals surface area contributed by atoms with Crippen LogP contribution in [0.25, 0.3) is 0 Å². The Bertz CT molecular complexity index is 522. The molecular weight excluding hydrogens is 251 g/mol. The van der Waals surface area contributed by atoms with Gasteiger partial charge in [-0.05, 0) is 36.2 Å². The molecule has 0 unspecified atom stereocenters. The van der Waals surface area contributed by atoms with E-state index in [9.17, 15) is 4.39 Å². The van der Waals surface area contributed by atoms with Gasteiger partial charge in [0.1, 0.15) is 18.2 Å². The van der Waals surface area contributed by atoms with Gasteiger partial charge in [0.25, 0.3) is 0 Å². The topological polar surface area (TPSA) is 29.5 Å². The monoisotopic (exact) mass is 266 g/mol. The molecule has 2 nitrogen and oxygen atoms in total. The van der Waals surface area contributed by atoms with Crippen LogP contribution in [0, 0.1) is 5.82 Å². The maximum atomic E-state index is 13.2. The van der Waals surface area contributed by atoms with E-state index in [-0.39, 0.29) is 6.61 Å². The third-order valence-electron chi connectivity index (χ3n) is 2.56. The van der Waals surface area contributed by atoms with E-state index in [1.54, 1.807) is 17.4 Å². The summed E-state index contributed by atoms with van der Waals surface area (Å²) in [6.45, 7) is 2.35. The van der Waals surface area contributed by atoms with E-state index in [2.05, 4.69) is 13.0 Å². The highest BCUT2D eigenvalue weighted by molar-refractivity contribution is 7.11. The fourth-order valence-corrected chi connectivity index (χ4v) is 2.51. The van der Waals surface area contributed by atoms with Gasteiger partial charge in [0.05, 0.1) is 6.61 Å². The normalized spacial score (nSPS) is 10.6. The summed E-state index contributed by atoms with van der Waals surface area (Å²) in [7, 11) is 0. The molecule has 2 rings (SSSR count). The molecule has 0 aliphatic heterocycles. The van der Waals surface area contributed by atoms with E-state index >= 15 is 0 Å². The van der Waals surface area contributed by atoms with Crippen molar-refractivity contribution in [3.05, 3.63) is 51.5 Å². The Hall–Kier alpha value is -1.39. The number of halogens is 1. The van der Waals surface area contributed by atoms with Crippen molar-refractivity contribution in [1.82, 2.24) is 0 Å². The van der Waals surface area contributed by atoms with Gasteiger partial charge in [-0.25, -0.2) is 4.39 Å². The highest BCUT2D eigenvalue weighted by Gasteiger charge is 2.03. The van der Waals surface area contributed by atoms with Crippen molar-refractivity contribution in [2.75, 3.05) is 0 Å². The Morgan fingerprint density at radius 3 is 2.67 bits per heavy atom. The summed E-state index contributed by atoms with van der Waals surface area (Å²) in [4.78, 5) is 2.42. The minimum atomic E-state index is -0.392. The smallest absolute Gasteiger partial charge is 0.127 e. The quantitative estimate of drug-likeness (QED) is 0.897. The molecule has 0 aliphatic rings. The molecule has 0 saturated heterocycles. The summed E-state index contributed by atoms with van der Waals surface area (Å²) in [5.74, 6) is 0.0578. The predicted molar refractivity (Wildman–Crippen MR) is 70.4 cm³/mol. The van der Waals surface area contributed by atoms with Gasteiger partial charge < -0.3 is 9.84 Å². The lowest BCUT2D eigenvalue weighted by Gasteiger charge is -2.06. The lowest BCUT2D eigenvalue weighted by molar-refractivity contribution is 0.277. The van der Waals surface area contributed by atoms with Crippen LogP contribution in [-0.2, 0) is 19.6 Å². The van der Waals surface area contributed by atoms with Gasteiger partial charge in [-0.15, -0.1) is 11.3 Å². The van der Waals surface area contributed by atoms with Crippen LogP contribution < -0.4 is 4.74 Å². The highest BCUT2D eigenvalue weighted by Crippen LogP contribution is 2.21. The number of rotatable bonds is 5. The number of ether oxygens (including phenoxy) is 1. The number of aryl methyl sites for hydroxylation is 1. The van der Waals surface area contributed by atoms with Crippen LogP contribution >= 0.6 is 11.3 Å². The Kier molecular flexibility index (Phi) is 4.33. The second-order valence-corrected chi connectivity index (χ2v) is 5.22. The van der Waals surface area contributed by atoms with E-state index in [4.69, 9.17) is 9.84 Å². The molecule has 1 N–H and O–H groups in total. The van der Waals surface area contributed by atoms with Crippen LogP contribution in [-0.4, -0.2) is 5.11 Å². The molecule has 1 heterocycles. The number of hydrogen-bond donors (Lipinski definition) is 1. The summed E-state index contributed by atoms with van der Waals surface area (Å²) >= 11 is 1.70. The van der Waals surface area contributed by atoms with Gasteiger partial charge in [-0.1, -0.05) is 6.92 Å². The zero-order chi connectivity index (χ0) is 13.0. The van der Waals surface area contributed by atoms with Crippen LogP contribution in [0.4, 0.5) is 4.39 Å². The van der Waals surface area contributed by atoms with Gasteiger partial charge >= 0.3 is 0 Å². The molecule has 2 aromatic rings. The molecule has 0 fully saturated rings. The lowest BCUT2D eigenvalue weighted by atomic mass is 10.2. The van der Waals surface area contributed by atoms with Crippen LogP contribution in [0.15, 0.2) is 30.3 Å². The summed E-state index contributed by atoms with van der Waals surface area (Å²) in [6.07, 6.45) is 1.01. The Balaban J connectivity index is 2.03. The van der Waals surface area contributed by atoms with Crippen LogP contribution in [0.5, 0.6) is 5.75 Å². The number of aliphatic hydroxyl groups is 1. The molecule has 18 heavy (non-hydrogen) atoms. The van der Waals surface area contributed by atoms with Gasteiger partial charge in [0, 0.05) is 15.8 Å². The lowest BCUT2D eigenvalue weighted by Crippen LogP contribution is -1.95. The average molecular weight is 266 g/mol. The zero-order valence-corrected chi connectivity index (χ0v) is 11.0. The number of thiophene rings is 1. The third kappa shape index (κ3) is 3.31. The minimum absolute atomic E-state index is 0.187. The van der Waals surface area contributed by atoms with E-state index in [1.807, 2.05) is 6.07 Å². The molecular formula is C14H15FO2S. The minimum Gasteiger partial charge on any atom is -0.488 e. The Morgan fingerprint density at radius 2 is 2.00 bits per heavy atom. The molecule has 0 spiro atoms. The van der Waals surface area contributed by atoms with E-state index < -0.39 is 5.82 Å². The first-order valence-electron chi connectivity index (χ1n) is 5.82. The maximum Gasteiger partial charge on any atom is 0.127 e. The standard InChI is InChI=1S/C14H15FO2S/c1-2-13-3-4-14(18-13)9-17-12-6-10(8-16)5-11(15)7-12/h3-7,16H,2,8-9H2,1H3. The average Bonchev–Trinajstić information content (AvgIpc) is 2.83. The van der Waals surface area contributed by atoms with Gasteiger partial charge in [0.15, 0.2) is 0 Å². The van der Waals surface area contributed by atoms with Crippen molar-refractivity contribution < 1.29 is 14.2 Å². The molecule has 0 radical (unpaired) electrons. The number of benzene rings is 1. The summed E-state index contributed by atoms with van der Waals surface area (Å²) < 4.78 is 18.7. The molecule has 1 aromatic heterocycles. The van der Waals surface area contributed by atoms with Crippen molar-refractivity contribution in [3.8, 4) is 5.75 Å². The summed E-state index contributed by atoms with van der Waals surface area (Å²) in [5, 5.41) is 8.99. The van der Waals surface area contributed by atoms with Crippen molar-refractivity contribution in [2.24, 2.45) is 0 Å². The van der Waals surface area contributed by atoms with E-state index in [0.29, 0.717) is 17.9 Å². The number of aliphatic hydroxyl groups excluding tert-OH is 1. The van der Waals surface area contributed by atoms with Gasteiger partial charge in [0.2, 0.25) is 0 Å². The molecule has 4 heteroatoms. The first-order valence-corrected chi connectivity index (χ1v) is 6.63. The number of hydrogen-bond acceptors (Lipinski definition) is 3. The predicted octanol–water partition coefficient (Wildman–Crippen LogP) is 3.52.